The van der Waals surface area contributed by atoms with Gasteiger partial charge in [-0.05, 0) is 37.4 Å². The molecule has 0 saturated carbocycles. The minimum absolute atomic E-state index is 0.194. The summed E-state index contributed by atoms with van der Waals surface area (Å²) < 4.78 is 33.4. The zero-order chi connectivity index (χ0) is 16.6. The highest BCUT2D eigenvalue weighted by Crippen LogP contribution is 2.26. The number of aromatic nitrogens is 1. The van der Waals surface area contributed by atoms with Gasteiger partial charge in [-0.25, -0.2) is 13.8 Å². The minimum atomic E-state index is -2.92. The van der Waals surface area contributed by atoms with Crippen molar-refractivity contribution in [3.63, 3.8) is 0 Å². The average molecular weight is 331 g/mol. The van der Waals surface area contributed by atoms with Crippen LogP contribution in [0.4, 0.5) is 8.78 Å². The van der Waals surface area contributed by atoms with Crippen LogP contribution in [0.1, 0.15) is 0 Å². The van der Waals surface area contributed by atoms with E-state index in [4.69, 9.17) is 4.74 Å². The highest BCUT2D eigenvalue weighted by atomic mass is 28.4. The summed E-state index contributed by atoms with van der Waals surface area (Å²) in [5.74, 6) is -0.305. The van der Waals surface area contributed by atoms with E-state index in [2.05, 4.69) is 4.98 Å². The first kappa shape index (κ1) is 15.6. The first-order chi connectivity index (χ1) is 10.9. The van der Waals surface area contributed by atoms with Gasteiger partial charge in [0.15, 0.2) is 0 Å². The van der Waals surface area contributed by atoms with Crippen molar-refractivity contribution in [1.29, 1.82) is 0 Å². The molecule has 0 bridgehead atoms. The maximum absolute atomic E-state index is 14.1. The molecule has 3 nitrogen and oxygen atoms in total. The van der Waals surface area contributed by atoms with Gasteiger partial charge in [0.25, 0.3) is 0 Å². The number of pyridine rings is 1. The van der Waals surface area contributed by atoms with E-state index in [0.717, 1.165) is 0 Å². The molecule has 23 heavy (non-hydrogen) atoms. The van der Waals surface area contributed by atoms with E-state index in [0.29, 0.717) is 11.1 Å². The Kier molecular flexibility index (Phi) is 3.87. The fourth-order valence-electron chi connectivity index (χ4n) is 2.47. The summed E-state index contributed by atoms with van der Waals surface area (Å²) in [6.07, 6.45) is 1.38. The molecule has 3 aromatic rings. The van der Waals surface area contributed by atoms with Crippen LogP contribution in [0.15, 0.2) is 48.7 Å². The second kappa shape index (κ2) is 5.71. The third kappa shape index (κ3) is 3.08. The number of benzene rings is 2. The van der Waals surface area contributed by atoms with Gasteiger partial charge >= 0.3 is 0 Å². The Morgan fingerprint density at radius 3 is 2.48 bits per heavy atom. The summed E-state index contributed by atoms with van der Waals surface area (Å²) in [6.45, 7) is 3.23. The lowest BCUT2D eigenvalue weighted by atomic mass is 10.2. The molecule has 1 N–H and O–H groups in total. The van der Waals surface area contributed by atoms with Crippen molar-refractivity contribution < 1.29 is 18.3 Å². The molecule has 0 aliphatic carbocycles. The predicted molar refractivity (Wildman–Crippen MR) is 87.5 cm³/mol. The lowest BCUT2D eigenvalue weighted by Crippen LogP contribution is -2.44. The molecule has 0 amide bonds. The lowest BCUT2D eigenvalue weighted by molar-refractivity contribution is 0.476. The van der Waals surface area contributed by atoms with Crippen LogP contribution >= 0.6 is 0 Å². The van der Waals surface area contributed by atoms with Crippen LogP contribution in [-0.4, -0.2) is 18.1 Å². The van der Waals surface area contributed by atoms with Gasteiger partial charge in [-0.1, -0.05) is 18.2 Å². The topological polar surface area (TPSA) is 42.4 Å². The number of ether oxygens (including phenoxy) is 1. The van der Waals surface area contributed by atoms with E-state index in [1.807, 2.05) is 0 Å². The van der Waals surface area contributed by atoms with Crippen LogP contribution in [0.3, 0.4) is 0 Å². The number of hydrogen-bond donors (Lipinski definition) is 1. The molecule has 2 aromatic carbocycles. The van der Waals surface area contributed by atoms with E-state index in [-0.39, 0.29) is 16.5 Å². The van der Waals surface area contributed by atoms with Crippen LogP contribution in [0.25, 0.3) is 10.9 Å². The van der Waals surface area contributed by atoms with E-state index in [1.54, 1.807) is 37.4 Å². The van der Waals surface area contributed by atoms with Crippen molar-refractivity contribution in [1.82, 2.24) is 4.98 Å². The van der Waals surface area contributed by atoms with Gasteiger partial charge in [0.05, 0.1) is 6.20 Å². The van der Waals surface area contributed by atoms with Crippen LogP contribution in [0, 0.1) is 11.6 Å². The van der Waals surface area contributed by atoms with Crippen molar-refractivity contribution in [2.24, 2.45) is 0 Å². The SMILES string of the molecule is C[Si](C)(O)c1c(F)cccc1Oc1cnc2c(F)cccc2c1. The molecule has 118 valence electrons. The summed E-state index contributed by atoms with van der Waals surface area (Å²) in [5, 5.41) is 0.778. The van der Waals surface area contributed by atoms with E-state index in [1.165, 1.54) is 24.4 Å². The van der Waals surface area contributed by atoms with Gasteiger partial charge in [-0.2, -0.15) is 0 Å². The standard InChI is InChI=1S/C17H15F2NO2Si/c1-23(2,21)17-14(19)7-4-8-15(17)22-12-9-11-5-3-6-13(18)16(11)20-10-12/h3-10,21H,1-2H3. The molecule has 0 aliphatic heterocycles. The molecule has 0 spiro atoms. The Morgan fingerprint density at radius 2 is 1.74 bits per heavy atom. The Labute approximate surface area is 133 Å². The van der Waals surface area contributed by atoms with Gasteiger partial charge in [-0.15, -0.1) is 0 Å². The molecule has 0 aliphatic rings. The van der Waals surface area contributed by atoms with Crippen molar-refractivity contribution in [3.8, 4) is 11.5 Å². The molecule has 0 saturated heterocycles. The van der Waals surface area contributed by atoms with Crippen molar-refractivity contribution in [3.05, 3.63) is 60.3 Å². The lowest BCUT2D eigenvalue weighted by Gasteiger charge is -2.19. The maximum Gasteiger partial charge on any atom is 0.221 e. The molecule has 0 unspecified atom stereocenters. The fraction of sp³-hybridized carbons (Fsp3) is 0.118. The van der Waals surface area contributed by atoms with Crippen molar-refractivity contribution >= 4 is 24.4 Å². The smallest absolute Gasteiger partial charge is 0.221 e. The van der Waals surface area contributed by atoms with E-state index < -0.39 is 20.0 Å². The molecular formula is C17H15F2NO2Si. The largest absolute Gasteiger partial charge is 0.456 e. The number of halogens is 2. The summed E-state index contributed by atoms with van der Waals surface area (Å²) in [4.78, 5) is 14.3. The maximum atomic E-state index is 14.1. The molecule has 1 heterocycles. The number of nitrogens with zero attached hydrogens (tertiary/aromatic N) is 1. The van der Waals surface area contributed by atoms with Crippen molar-refractivity contribution in [2.45, 2.75) is 13.1 Å². The summed E-state index contributed by atoms with van der Waals surface area (Å²) in [5.41, 5.74) is 0.246. The van der Waals surface area contributed by atoms with Gasteiger partial charge in [0.1, 0.15) is 28.7 Å². The highest BCUT2D eigenvalue weighted by molar-refractivity contribution is 6.84. The molecule has 0 atom stereocenters. The number of fused-ring (bicyclic) bond motifs is 1. The predicted octanol–water partition coefficient (Wildman–Crippen LogP) is 3.71. The molecule has 0 fully saturated rings. The first-order valence-electron chi connectivity index (χ1n) is 7.10. The van der Waals surface area contributed by atoms with Gasteiger partial charge < -0.3 is 9.53 Å². The summed E-state index contributed by atoms with van der Waals surface area (Å²) >= 11 is 0. The molecule has 3 rings (SSSR count). The monoisotopic (exact) mass is 331 g/mol. The molecular weight excluding hydrogens is 316 g/mol. The Hall–Kier alpha value is -2.31. The van der Waals surface area contributed by atoms with Crippen LogP contribution < -0.4 is 9.92 Å². The Morgan fingerprint density at radius 1 is 1.04 bits per heavy atom. The summed E-state index contributed by atoms with van der Waals surface area (Å²) in [6, 6.07) is 10.7. The third-order valence-electron chi connectivity index (χ3n) is 3.45. The van der Waals surface area contributed by atoms with E-state index in [9.17, 15) is 13.6 Å². The molecule has 6 heteroatoms. The molecule has 0 radical (unpaired) electrons. The van der Waals surface area contributed by atoms with Crippen LogP contribution in [0.2, 0.25) is 13.1 Å². The zero-order valence-corrected chi connectivity index (χ0v) is 13.7. The Balaban J connectivity index is 2.05. The number of rotatable bonds is 3. The minimum Gasteiger partial charge on any atom is -0.456 e. The first-order valence-corrected chi connectivity index (χ1v) is 10.0. The average Bonchev–Trinajstić information content (AvgIpc) is 2.46. The second-order valence-electron chi connectivity index (χ2n) is 5.76. The van der Waals surface area contributed by atoms with Crippen molar-refractivity contribution in [2.75, 3.05) is 0 Å². The van der Waals surface area contributed by atoms with Gasteiger partial charge in [0, 0.05) is 10.6 Å². The number of hydrogen-bond acceptors (Lipinski definition) is 3. The number of para-hydroxylation sites is 1. The highest BCUT2D eigenvalue weighted by Gasteiger charge is 2.29. The van der Waals surface area contributed by atoms with E-state index >= 15 is 0 Å². The summed E-state index contributed by atoms with van der Waals surface area (Å²) in [7, 11) is -2.92. The van der Waals surface area contributed by atoms with Crippen LogP contribution in [-0.2, 0) is 0 Å². The van der Waals surface area contributed by atoms with Gasteiger partial charge in [0.2, 0.25) is 8.32 Å². The third-order valence-corrected chi connectivity index (χ3v) is 5.16. The van der Waals surface area contributed by atoms with Gasteiger partial charge in [-0.3, -0.25) is 0 Å². The fourth-order valence-corrected chi connectivity index (χ4v) is 3.87. The van der Waals surface area contributed by atoms with Crippen LogP contribution in [0.5, 0.6) is 11.5 Å². The normalized spacial score (nSPS) is 11.7. The Bertz CT molecular complexity index is 878. The second-order valence-corrected chi connectivity index (χ2v) is 9.37. The zero-order valence-electron chi connectivity index (χ0n) is 12.7. The molecule has 1 aromatic heterocycles. The quantitative estimate of drug-likeness (QED) is 0.744.